The molecule has 0 spiro atoms. The highest BCUT2D eigenvalue weighted by Gasteiger charge is 2.30. The molecule has 10 nitrogen and oxygen atoms in total. The molecule has 8 rings (SSSR count). The first-order chi connectivity index (χ1) is 36.2. The van der Waals surface area contributed by atoms with Crippen LogP contribution in [0.15, 0.2) is 0 Å². The SMILES string of the molecule is CC(C)C1CCN(CC2CCN(C(C)C)CC2)CC1.CC(C)N1CCC(CC2CCN(C(C)C)CC2)CC1.CC(C)N1CCC(CN2CCN(C(C)C)CC2)CC1.CC(C)N1CCC(CN2CCN(C(C)C)CC2)CC1. The first kappa shape index (κ1) is 66.4. The Balaban J connectivity index is 0.000000187. The van der Waals surface area contributed by atoms with Crippen molar-refractivity contribution in [2.45, 2.75) is 237 Å². The van der Waals surface area contributed by atoms with Crippen molar-refractivity contribution in [3.8, 4) is 0 Å². The lowest BCUT2D eigenvalue weighted by atomic mass is 9.82. The van der Waals surface area contributed by atoms with E-state index in [1.807, 2.05) is 0 Å². The highest BCUT2D eigenvalue weighted by molar-refractivity contribution is 4.85. The third-order valence-electron chi connectivity index (χ3n) is 21.0. The maximum Gasteiger partial charge on any atom is 0.0113 e. The molecule has 448 valence electrons. The Labute approximate surface area is 475 Å². The number of hydrogen-bond donors (Lipinski definition) is 0. The van der Waals surface area contributed by atoms with Crippen molar-refractivity contribution < 1.29 is 0 Å². The average molecular weight is 1070 g/mol. The maximum atomic E-state index is 2.74. The Bertz CT molecular complexity index is 1100. The van der Waals surface area contributed by atoms with E-state index >= 15 is 0 Å². The topological polar surface area (TPSA) is 32.4 Å². The van der Waals surface area contributed by atoms with Crippen molar-refractivity contribution in [3.05, 3.63) is 0 Å². The molecule has 0 radical (unpaired) electrons. The molecule has 0 unspecified atom stereocenters. The van der Waals surface area contributed by atoms with E-state index in [9.17, 15) is 0 Å². The number of nitrogens with zero attached hydrogens (tertiary/aromatic N) is 10. The molecule has 0 N–H and O–H groups in total. The summed E-state index contributed by atoms with van der Waals surface area (Å²) in [6.07, 6.45) is 18.6. The van der Waals surface area contributed by atoms with Gasteiger partial charge in [-0.1, -0.05) is 13.8 Å². The zero-order chi connectivity index (χ0) is 55.3. The molecular formula is C66H134N10. The lowest BCUT2D eigenvalue weighted by Crippen LogP contribution is -2.50. The molecule has 0 aromatic carbocycles. The first-order valence-corrected chi connectivity index (χ1v) is 33.6. The van der Waals surface area contributed by atoms with Gasteiger partial charge in [-0.15, -0.1) is 0 Å². The summed E-state index contributed by atoms with van der Waals surface area (Å²) >= 11 is 0. The second kappa shape index (κ2) is 34.9. The van der Waals surface area contributed by atoms with Gasteiger partial charge in [-0.05, 0) is 300 Å². The van der Waals surface area contributed by atoms with Gasteiger partial charge in [-0.25, -0.2) is 0 Å². The van der Waals surface area contributed by atoms with Gasteiger partial charge in [0.2, 0.25) is 0 Å². The summed E-state index contributed by atoms with van der Waals surface area (Å²) in [6.45, 7) is 67.6. The molecule has 0 saturated carbocycles. The molecule has 76 heavy (non-hydrogen) atoms. The zero-order valence-electron chi connectivity index (χ0n) is 54.0. The van der Waals surface area contributed by atoms with Crippen LogP contribution in [0.3, 0.4) is 0 Å². The normalized spacial score (nSPS) is 25.6. The van der Waals surface area contributed by atoms with Crippen LogP contribution in [0.2, 0.25) is 0 Å². The van der Waals surface area contributed by atoms with Crippen molar-refractivity contribution in [1.82, 2.24) is 49.0 Å². The highest BCUT2D eigenvalue weighted by Crippen LogP contribution is 2.32. The standard InChI is InChI=1S/2C17H34N2.2C16H33N3/c1-14(2)17-7-9-18(10-8-17)13-16-5-11-19(12-6-16)15(3)4;1-14(2)18-9-5-16(6-10-18)13-17-7-11-19(12-8-17)15(3)4;2*1-14(2)18-7-5-16(6-8-18)13-17-9-11-19(12-10-17)15(3)4/h2*14-17H,5-13H2,1-4H3;2*14-16H,5-13H2,1-4H3. The van der Waals surface area contributed by atoms with Gasteiger partial charge in [0.1, 0.15) is 0 Å². The number of piperazine rings is 2. The van der Waals surface area contributed by atoms with Crippen LogP contribution in [0.5, 0.6) is 0 Å². The maximum absolute atomic E-state index is 2.74. The minimum atomic E-state index is 0.719. The first-order valence-electron chi connectivity index (χ1n) is 33.6. The monoisotopic (exact) mass is 1070 g/mol. The quantitative estimate of drug-likeness (QED) is 0.149. The molecule has 0 bridgehead atoms. The Morgan fingerprint density at radius 1 is 0.224 bits per heavy atom. The number of likely N-dealkylation sites (tertiary alicyclic amines) is 6. The van der Waals surface area contributed by atoms with E-state index in [1.165, 1.54) is 234 Å². The van der Waals surface area contributed by atoms with Crippen LogP contribution in [0, 0.1) is 41.4 Å². The molecular weight excluding hydrogens is 933 g/mol. The van der Waals surface area contributed by atoms with E-state index in [-0.39, 0.29) is 0 Å². The van der Waals surface area contributed by atoms with E-state index in [0.717, 1.165) is 83.7 Å². The molecule has 8 heterocycles. The average Bonchev–Trinajstić information content (AvgIpc) is 3.40. The molecule has 0 aromatic rings. The van der Waals surface area contributed by atoms with Crippen LogP contribution in [0.25, 0.3) is 0 Å². The minimum absolute atomic E-state index is 0.719. The molecule has 8 aliphatic heterocycles. The summed E-state index contributed by atoms with van der Waals surface area (Å²) in [5, 5.41) is 0. The van der Waals surface area contributed by atoms with Crippen molar-refractivity contribution >= 4 is 0 Å². The lowest BCUT2D eigenvalue weighted by molar-refractivity contribution is 0.0758. The van der Waals surface area contributed by atoms with Crippen LogP contribution in [-0.4, -0.2) is 242 Å². The van der Waals surface area contributed by atoms with Crippen LogP contribution < -0.4 is 0 Å². The summed E-state index contributed by atoms with van der Waals surface area (Å²) in [4.78, 5) is 26.6. The van der Waals surface area contributed by atoms with Crippen LogP contribution >= 0.6 is 0 Å². The molecule has 0 aromatic heterocycles. The predicted octanol–water partition coefficient (Wildman–Crippen LogP) is 11.4. The van der Waals surface area contributed by atoms with Crippen LogP contribution in [-0.2, 0) is 0 Å². The number of hydrogen-bond acceptors (Lipinski definition) is 10. The largest absolute Gasteiger partial charge is 0.303 e. The van der Waals surface area contributed by atoms with Gasteiger partial charge in [0.15, 0.2) is 0 Å². The van der Waals surface area contributed by atoms with Gasteiger partial charge >= 0.3 is 0 Å². The van der Waals surface area contributed by atoms with Gasteiger partial charge in [-0.2, -0.15) is 0 Å². The van der Waals surface area contributed by atoms with Gasteiger partial charge in [0.25, 0.3) is 0 Å². The van der Waals surface area contributed by atoms with Crippen molar-refractivity contribution in [3.63, 3.8) is 0 Å². The van der Waals surface area contributed by atoms with E-state index in [0.29, 0.717) is 0 Å². The summed E-state index contributed by atoms with van der Waals surface area (Å²) in [5.41, 5.74) is 0. The van der Waals surface area contributed by atoms with Crippen molar-refractivity contribution in [2.24, 2.45) is 41.4 Å². The fourth-order valence-corrected chi connectivity index (χ4v) is 14.7. The smallest absolute Gasteiger partial charge is 0.0113 e. The highest BCUT2D eigenvalue weighted by atomic mass is 15.3. The fourth-order valence-electron chi connectivity index (χ4n) is 14.7. The third kappa shape index (κ3) is 23.8. The van der Waals surface area contributed by atoms with Crippen molar-refractivity contribution in [1.29, 1.82) is 0 Å². The van der Waals surface area contributed by atoms with Crippen LogP contribution in [0.4, 0.5) is 0 Å². The lowest BCUT2D eigenvalue weighted by Gasteiger charge is -2.40. The molecule has 0 aliphatic carbocycles. The van der Waals surface area contributed by atoms with E-state index in [1.54, 1.807) is 0 Å². The van der Waals surface area contributed by atoms with E-state index in [2.05, 4.69) is 160 Å². The molecule has 0 amide bonds. The van der Waals surface area contributed by atoms with Crippen molar-refractivity contribution in [2.75, 3.05) is 151 Å². The fraction of sp³-hybridized carbons (Fsp3) is 1.00. The summed E-state index contributed by atoms with van der Waals surface area (Å²) in [5.74, 6) is 6.76. The van der Waals surface area contributed by atoms with E-state index in [4.69, 9.17) is 0 Å². The van der Waals surface area contributed by atoms with Gasteiger partial charge in [0, 0.05) is 114 Å². The molecule has 8 saturated heterocycles. The summed E-state index contributed by atoms with van der Waals surface area (Å²) < 4.78 is 0. The Morgan fingerprint density at radius 3 is 0.632 bits per heavy atom. The Hall–Kier alpha value is -0.400. The van der Waals surface area contributed by atoms with Gasteiger partial charge in [0.05, 0.1) is 0 Å². The number of rotatable bonds is 16. The molecule has 0 atom stereocenters. The predicted molar refractivity (Wildman–Crippen MR) is 332 cm³/mol. The minimum Gasteiger partial charge on any atom is -0.303 e. The van der Waals surface area contributed by atoms with E-state index < -0.39 is 0 Å². The van der Waals surface area contributed by atoms with Gasteiger partial charge < -0.3 is 39.2 Å². The summed E-state index contributed by atoms with van der Waals surface area (Å²) in [7, 11) is 0. The second-order valence-electron chi connectivity index (χ2n) is 28.8. The van der Waals surface area contributed by atoms with Gasteiger partial charge in [-0.3, -0.25) is 9.80 Å². The van der Waals surface area contributed by atoms with Crippen LogP contribution in [0.1, 0.15) is 194 Å². The molecule has 8 fully saturated rings. The Morgan fingerprint density at radius 2 is 0.421 bits per heavy atom. The molecule has 8 aliphatic rings. The third-order valence-corrected chi connectivity index (χ3v) is 21.0. The Kier molecular flexibility index (Phi) is 30.5. The summed E-state index contributed by atoms with van der Waals surface area (Å²) in [6, 6.07) is 5.13. The molecule has 10 heteroatoms. The second-order valence-corrected chi connectivity index (χ2v) is 28.8. The number of piperidine rings is 6. The zero-order valence-corrected chi connectivity index (χ0v) is 54.0.